The molecule has 0 saturated carbocycles. The second-order valence-corrected chi connectivity index (χ2v) is 7.21. The molecular formula is C20H23BrN2O3. The number of likely N-dealkylation sites (tertiary alicyclic amines) is 1. The molecule has 1 amide bonds. The molecule has 1 aliphatic heterocycles. The Kier molecular flexibility index (Phi) is 6.16. The van der Waals surface area contributed by atoms with Gasteiger partial charge in [0.1, 0.15) is 11.5 Å². The maximum atomic E-state index is 12.5. The molecule has 2 aromatic rings. The molecule has 1 atom stereocenters. The van der Waals surface area contributed by atoms with E-state index in [1.807, 2.05) is 42.5 Å². The Morgan fingerprint density at radius 3 is 2.81 bits per heavy atom. The lowest BCUT2D eigenvalue weighted by Gasteiger charge is -2.26. The van der Waals surface area contributed by atoms with E-state index in [0.717, 1.165) is 46.6 Å². The number of carbonyl (C=O) groups is 1. The molecule has 0 unspecified atom stereocenters. The van der Waals surface area contributed by atoms with Crippen LogP contribution in [-0.2, 0) is 4.79 Å². The van der Waals surface area contributed by atoms with Crippen LogP contribution in [0.25, 0.3) is 0 Å². The predicted octanol–water partition coefficient (Wildman–Crippen LogP) is 4.24. The van der Waals surface area contributed by atoms with Crippen molar-refractivity contribution in [2.45, 2.75) is 18.9 Å². The molecule has 5 nitrogen and oxygen atoms in total. The third-order valence-corrected chi connectivity index (χ3v) is 5.11. The molecule has 26 heavy (non-hydrogen) atoms. The van der Waals surface area contributed by atoms with E-state index in [2.05, 4.69) is 26.1 Å². The van der Waals surface area contributed by atoms with Gasteiger partial charge in [-0.1, -0.05) is 28.1 Å². The number of carbonyl (C=O) groups excluding carboxylic acids is 1. The highest BCUT2D eigenvalue weighted by Gasteiger charge is 2.29. The van der Waals surface area contributed by atoms with Crippen LogP contribution in [0.4, 0.5) is 5.69 Å². The van der Waals surface area contributed by atoms with Crippen LogP contribution in [0.5, 0.6) is 11.5 Å². The van der Waals surface area contributed by atoms with Crippen LogP contribution in [0.2, 0.25) is 0 Å². The second-order valence-electron chi connectivity index (χ2n) is 6.29. The molecule has 0 bridgehead atoms. The molecule has 2 aromatic carbocycles. The van der Waals surface area contributed by atoms with Crippen LogP contribution in [0.15, 0.2) is 46.9 Å². The van der Waals surface area contributed by atoms with Gasteiger partial charge in [0.05, 0.1) is 20.8 Å². The van der Waals surface area contributed by atoms with E-state index in [0.29, 0.717) is 6.54 Å². The van der Waals surface area contributed by atoms with Crippen molar-refractivity contribution in [1.29, 1.82) is 0 Å². The minimum atomic E-state index is -0.0116. The molecule has 0 spiro atoms. The summed E-state index contributed by atoms with van der Waals surface area (Å²) < 4.78 is 11.8. The van der Waals surface area contributed by atoms with Crippen molar-refractivity contribution in [3.05, 3.63) is 52.5 Å². The van der Waals surface area contributed by atoms with Gasteiger partial charge in [0.15, 0.2) is 0 Å². The first kappa shape index (κ1) is 18.7. The predicted molar refractivity (Wildman–Crippen MR) is 106 cm³/mol. The lowest BCUT2D eigenvalue weighted by atomic mass is 10.0. The van der Waals surface area contributed by atoms with Gasteiger partial charge in [-0.15, -0.1) is 0 Å². The number of amides is 1. The maximum Gasteiger partial charge on any atom is 0.238 e. The lowest BCUT2D eigenvalue weighted by Crippen LogP contribution is -2.33. The Hall–Kier alpha value is -2.05. The molecule has 1 saturated heterocycles. The zero-order valence-corrected chi connectivity index (χ0v) is 16.6. The summed E-state index contributed by atoms with van der Waals surface area (Å²) in [6, 6.07) is 13.7. The highest BCUT2D eigenvalue weighted by atomic mass is 79.9. The highest BCUT2D eigenvalue weighted by molar-refractivity contribution is 9.10. The first-order valence-electron chi connectivity index (χ1n) is 8.62. The number of ether oxygens (including phenoxy) is 2. The standard InChI is InChI=1S/C20H23BrN2O3/c1-25-16-8-9-17(19(12-16)26-2)18-7-4-10-23(18)13-20(24)22-15-6-3-5-14(21)11-15/h3,5-6,8-9,11-12,18H,4,7,10,13H2,1-2H3,(H,22,24)/t18-/m1/s1. The molecule has 0 aromatic heterocycles. The largest absolute Gasteiger partial charge is 0.497 e. The number of nitrogens with zero attached hydrogens (tertiary/aromatic N) is 1. The summed E-state index contributed by atoms with van der Waals surface area (Å²) in [7, 11) is 3.31. The van der Waals surface area contributed by atoms with Crippen molar-refractivity contribution in [3.63, 3.8) is 0 Å². The van der Waals surface area contributed by atoms with Crippen molar-refractivity contribution < 1.29 is 14.3 Å². The van der Waals surface area contributed by atoms with Crippen LogP contribution in [-0.4, -0.2) is 38.1 Å². The zero-order valence-electron chi connectivity index (χ0n) is 15.0. The van der Waals surface area contributed by atoms with Crippen molar-refractivity contribution in [3.8, 4) is 11.5 Å². The average Bonchev–Trinajstić information content (AvgIpc) is 3.08. The van der Waals surface area contributed by atoms with Gasteiger partial charge in [-0.25, -0.2) is 0 Å². The number of anilines is 1. The minimum absolute atomic E-state index is 0.0116. The van der Waals surface area contributed by atoms with E-state index in [1.54, 1.807) is 14.2 Å². The Bertz CT molecular complexity index is 781. The van der Waals surface area contributed by atoms with E-state index in [-0.39, 0.29) is 11.9 Å². The Morgan fingerprint density at radius 2 is 2.08 bits per heavy atom. The van der Waals surface area contributed by atoms with Gasteiger partial charge in [0, 0.05) is 27.8 Å². The number of hydrogen-bond donors (Lipinski definition) is 1. The molecule has 138 valence electrons. The van der Waals surface area contributed by atoms with E-state index in [9.17, 15) is 4.79 Å². The van der Waals surface area contributed by atoms with E-state index in [4.69, 9.17) is 9.47 Å². The molecule has 6 heteroatoms. The molecule has 3 rings (SSSR count). The molecule has 1 heterocycles. The Balaban J connectivity index is 1.71. The number of rotatable bonds is 6. The van der Waals surface area contributed by atoms with Crippen LogP contribution in [0.3, 0.4) is 0 Å². The van der Waals surface area contributed by atoms with Gasteiger partial charge in [-0.3, -0.25) is 9.69 Å². The maximum absolute atomic E-state index is 12.5. The van der Waals surface area contributed by atoms with Gasteiger partial charge in [0.25, 0.3) is 0 Å². The van der Waals surface area contributed by atoms with Crippen molar-refractivity contribution in [1.82, 2.24) is 4.90 Å². The van der Waals surface area contributed by atoms with Crippen LogP contribution < -0.4 is 14.8 Å². The van der Waals surface area contributed by atoms with Crippen LogP contribution in [0, 0.1) is 0 Å². The fourth-order valence-corrected chi connectivity index (χ4v) is 3.81. The van der Waals surface area contributed by atoms with E-state index in [1.165, 1.54) is 0 Å². The topological polar surface area (TPSA) is 50.8 Å². The fraction of sp³-hybridized carbons (Fsp3) is 0.350. The summed E-state index contributed by atoms with van der Waals surface area (Å²) in [5, 5.41) is 2.97. The van der Waals surface area contributed by atoms with Crippen molar-refractivity contribution in [2.75, 3.05) is 32.6 Å². The zero-order chi connectivity index (χ0) is 18.5. The second kappa shape index (κ2) is 8.56. The quantitative estimate of drug-likeness (QED) is 0.761. The normalized spacial score (nSPS) is 17.1. The first-order chi connectivity index (χ1) is 12.6. The summed E-state index contributed by atoms with van der Waals surface area (Å²) in [6.45, 7) is 1.25. The fourth-order valence-electron chi connectivity index (χ4n) is 3.41. The smallest absolute Gasteiger partial charge is 0.238 e. The van der Waals surface area contributed by atoms with Gasteiger partial charge < -0.3 is 14.8 Å². The minimum Gasteiger partial charge on any atom is -0.497 e. The monoisotopic (exact) mass is 418 g/mol. The van der Waals surface area contributed by atoms with Gasteiger partial charge in [-0.05, 0) is 43.7 Å². The highest BCUT2D eigenvalue weighted by Crippen LogP contribution is 2.38. The van der Waals surface area contributed by atoms with Gasteiger partial charge in [0.2, 0.25) is 5.91 Å². The molecule has 0 aliphatic carbocycles. The summed E-state index contributed by atoms with van der Waals surface area (Å²) in [4.78, 5) is 14.7. The third-order valence-electron chi connectivity index (χ3n) is 4.62. The summed E-state index contributed by atoms with van der Waals surface area (Å²) in [6.07, 6.45) is 2.07. The lowest BCUT2D eigenvalue weighted by molar-refractivity contribution is -0.117. The number of nitrogens with one attached hydrogen (secondary N) is 1. The Morgan fingerprint density at radius 1 is 1.23 bits per heavy atom. The molecule has 1 aliphatic rings. The molecule has 1 fully saturated rings. The number of halogens is 1. The number of methoxy groups -OCH3 is 2. The molecular weight excluding hydrogens is 396 g/mol. The molecule has 1 N–H and O–H groups in total. The van der Waals surface area contributed by atoms with Gasteiger partial charge in [-0.2, -0.15) is 0 Å². The number of benzene rings is 2. The average molecular weight is 419 g/mol. The van der Waals surface area contributed by atoms with Crippen LogP contribution in [0.1, 0.15) is 24.4 Å². The SMILES string of the molecule is COc1ccc([C@H]2CCCN2CC(=O)Nc2cccc(Br)c2)c(OC)c1. The van der Waals surface area contributed by atoms with Crippen LogP contribution >= 0.6 is 15.9 Å². The third kappa shape index (κ3) is 4.37. The summed E-state index contributed by atoms with van der Waals surface area (Å²) in [5.41, 5.74) is 1.89. The van der Waals surface area contributed by atoms with Gasteiger partial charge >= 0.3 is 0 Å². The summed E-state index contributed by atoms with van der Waals surface area (Å²) >= 11 is 3.42. The first-order valence-corrected chi connectivity index (χ1v) is 9.41. The number of hydrogen-bond acceptors (Lipinski definition) is 4. The van der Waals surface area contributed by atoms with E-state index >= 15 is 0 Å². The van der Waals surface area contributed by atoms with E-state index < -0.39 is 0 Å². The Labute approximate surface area is 162 Å². The molecule has 0 radical (unpaired) electrons. The van der Waals surface area contributed by atoms with Crippen molar-refractivity contribution in [2.24, 2.45) is 0 Å². The summed E-state index contributed by atoms with van der Waals surface area (Å²) in [5.74, 6) is 1.55. The van der Waals surface area contributed by atoms with Crippen molar-refractivity contribution >= 4 is 27.5 Å².